The molecule has 2 unspecified atom stereocenters. The second-order valence-corrected chi connectivity index (χ2v) is 9.62. The molecule has 9 heteroatoms. The smallest absolute Gasteiger partial charge is 0.389 e. The first-order valence-electron chi connectivity index (χ1n) is 11.3. The van der Waals surface area contributed by atoms with Gasteiger partial charge in [-0.15, -0.1) is 11.8 Å². The van der Waals surface area contributed by atoms with Crippen LogP contribution < -0.4 is 16.0 Å². The fraction of sp³-hybridized carbons (Fsp3) is 0.440. The third-order valence-corrected chi connectivity index (χ3v) is 7.20. The van der Waals surface area contributed by atoms with Crippen molar-refractivity contribution in [3.63, 3.8) is 0 Å². The number of nitrogens with zero attached hydrogens (tertiary/aromatic N) is 3. The maximum absolute atomic E-state index is 12.5. The van der Waals surface area contributed by atoms with Gasteiger partial charge in [-0.3, -0.25) is 0 Å². The molecule has 1 aromatic carbocycles. The van der Waals surface area contributed by atoms with E-state index in [1.807, 2.05) is 14.0 Å². The molecule has 1 aliphatic rings. The minimum atomic E-state index is -4.18. The molecule has 0 amide bonds. The Bertz CT molecular complexity index is 991. The van der Waals surface area contributed by atoms with E-state index < -0.39 is 12.6 Å². The highest BCUT2D eigenvalue weighted by Gasteiger charge is 2.30. The second kappa shape index (κ2) is 11.8. The number of benzene rings is 1. The van der Waals surface area contributed by atoms with Crippen LogP contribution in [0, 0.1) is 0 Å². The van der Waals surface area contributed by atoms with Gasteiger partial charge in [-0.1, -0.05) is 36.9 Å². The second-order valence-electron chi connectivity index (χ2n) is 8.54. The number of thioether (sulfide) groups is 1. The van der Waals surface area contributed by atoms with E-state index in [9.17, 15) is 13.2 Å². The summed E-state index contributed by atoms with van der Waals surface area (Å²) < 4.78 is 37.6. The molecule has 2 atom stereocenters. The van der Waals surface area contributed by atoms with E-state index in [4.69, 9.17) is 5.73 Å². The Hall–Kier alpha value is -2.52. The summed E-state index contributed by atoms with van der Waals surface area (Å²) in [5.41, 5.74) is 9.67. The molecule has 0 radical (unpaired) electrons. The van der Waals surface area contributed by atoms with Gasteiger partial charge < -0.3 is 16.0 Å². The summed E-state index contributed by atoms with van der Waals surface area (Å²) in [6, 6.07) is 9.05. The molecule has 2 aromatic rings. The Morgan fingerprint density at radius 2 is 2.00 bits per heavy atom. The van der Waals surface area contributed by atoms with Crippen LogP contribution in [0.2, 0.25) is 0 Å². The van der Waals surface area contributed by atoms with Gasteiger partial charge in [0.1, 0.15) is 17.2 Å². The van der Waals surface area contributed by atoms with Gasteiger partial charge in [-0.2, -0.15) is 13.2 Å². The van der Waals surface area contributed by atoms with Crippen LogP contribution in [0.4, 0.5) is 19.0 Å². The van der Waals surface area contributed by atoms with Crippen molar-refractivity contribution in [1.29, 1.82) is 0 Å². The van der Waals surface area contributed by atoms with Gasteiger partial charge in [0.25, 0.3) is 0 Å². The summed E-state index contributed by atoms with van der Waals surface area (Å²) >= 11 is 1.09. The first-order chi connectivity index (χ1) is 16.2. The lowest BCUT2D eigenvalue weighted by atomic mass is 10.1. The van der Waals surface area contributed by atoms with E-state index >= 15 is 0 Å². The van der Waals surface area contributed by atoms with Gasteiger partial charge in [-0.05, 0) is 49.1 Å². The molecule has 0 bridgehead atoms. The van der Waals surface area contributed by atoms with Crippen LogP contribution in [0.3, 0.4) is 0 Å². The van der Waals surface area contributed by atoms with Crippen molar-refractivity contribution in [3.05, 3.63) is 60.1 Å². The highest BCUT2D eigenvalue weighted by molar-refractivity contribution is 7.99. The maximum Gasteiger partial charge on any atom is 0.389 e. The third kappa shape index (κ3) is 6.99. The molecular formula is C25H32F3N5S. The van der Waals surface area contributed by atoms with Crippen LogP contribution >= 0.6 is 11.8 Å². The molecule has 184 valence electrons. The zero-order valence-corrected chi connectivity index (χ0v) is 20.4. The Kier molecular flexibility index (Phi) is 9.02. The number of rotatable bonds is 10. The Morgan fingerprint density at radius 1 is 1.26 bits per heavy atom. The van der Waals surface area contributed by atoms with Crippen LogP contribution in [-0.2, 0) is 6.54 Å². The quantitative estimate of drug-likeness (QED) is 0.332. The molecule has 1 aliphatic carbocycles. The Labute approximate surface area is 203 Å². The summed E-state index contributed by atoms with van der Waals surface area (Å²) in [5, 5.41) is 4.18. The molecule has 3 rings (SSSR count). The van der Waals surface area contributed by atoms with Crippen LogP contribution in [0.15, 0.2) is 48.4 Å². The van der Waals surface area contributed by atoms with Crippen molar-refractivity contribution in [2.75, 3.05) is 17.7 Å². The van der Waals surface area contributed by atoms with Crippen LogP contribution in [-0.4, -0.2) is 41.0 Å². The minimum Gasteiger partial charge on any atom is -0.404 e. The standard InChI is InChI=1S/C25H32F3N5S/c1-4-22-23(31-16-32-24(22)34-12-11-25(26,27)28)33(3)21-10-9-20(13-21)30-15-18-5-7-19(8-6-18)17(2)14-29/h4-8,14,16,20-21,30H,1,9-13,15,29H2,2-3H3/b17-14+. The van der Waals surface area contributed by atoms with Crippen molar-refractivity contribution >= 4 is 29.2 Å². The normalized spacial score (nSPS) is 18.8. The lowest BCUT2D eigenvalue weighted by Crippen LogP contribution is -2.33. The summed E-state index contributed by atoms with van der Waals surface area (Å²) in [5.74, 6) is 0.632. The molecule has 3 N–H and O–H groups in total. The van der Waals surface area contributed by atoms with Gasteiger partial charge in [0.15, 0.2) is 0 Å². The lowest BCUT2D eigenvalue weighted by Gasteiger charge is -2.27. The summed E-state index contributed by atoms with van der Waals surface area (Å²) in [6.45, 7) is 6.63. The molecule has 1 heterocycles. The predicted molar refractivity (Wildman–Crippen MR) is 134 cm³/mol. The molecule has 34 heavy (non-hydrogen) atoms. The van der Waals surface area contributed by atoms with Crippen molar-refractivity contribution < 1.29 is 13.2 Å². The average Bonchev–Trinajstić information content (AvgIpc) is 3.30. The van der Waals surface area contributed by atoms with E-state index in [-0.39, 0.29) is 11.8 Å². The topological polar surface area (TPSA) is 67.1 Å². The number of halogens is 3. The molecule has 5 nitrogen and oxygen atoms in total. The zero-order valence-electron chi connectivity index (χ0n) is 19.6. The number of hydrogen-bond donors (Lipinski definition) is 2. The van der Waals surface area contributed by atoms with E-state index in [1.54, 1.807) is 12.3 Å². The number of nitrogens with one attached hydrogen (secondary N) is 1. The number of alkyl halides is 3. The van der Waals surface area contributed by atoms with E-state index in [0.29, 0.717) is 22.4 Å². The van der Waals surface area contributed by atoms with Crippen LogP contribution in [0.1, 0.15) is 49.3 Å². The lowest BCUT2D eigenvalue weighted by molar-refractivity contribution is -0.129. The SMILES string of the molecule is C=Cc1c(SCCC(F)(F)F)ncnc1N(C)C1CCC(NCc2ccc(/C(C)=C/N)cc2)C1. The molecule has 1 fully saturated rings. The fourth-order valence-electron chi connectivity index (χ4n) is 4.12. The highest BCUT2D eigenvalue weighted by atomic mass is 32.2. The number of aromatic nitrogens is 2. The van der Waals surface area contributed by atoms with Crippen molar-refractivity contribution in [2.24, 2.45) is 5.73 Å². The summed E-state index contributed by atoms with van der Waals surface area (Å²) in [4.78, 5) is 10.8. The van der Waals surface area contributed by atoms with Crippen LogP contribution in [0.5, 0.6) is 0 Å². The molecule has 1 aromatic heterocycles. The zero-order chi connectivity index (χ0) is 24.7. The molecule has 0 aliphatic heterocycles. The number of hydrogen-bond acceptors (Lipinski definition) is 6. The fourth-order valence-corrected chi connectivity index (χ4v) is 5.10. The molecule has 0 spiro atoms. The van der Waals surface area contributed by atoms with Crippen molar-refractivity contribution in [3.8, 4) is 0 Å². The van der Waals surface area contributed by atoms with Gasteiger partial charge in [0.2, 0.25) is 0 Å². The first kappa shape index (κ1) is 26.1. The van der Waals surface area contributed by atoms with Gasteiger partial charge in [0.05, 0.1) is 6.42 Å². The number of nitrogens with two attached hydrogens (primary N) is 1. The molecular weight excluding hydrogens is 459 g/mol. The van der Waals surface area contributed by atoms with E-state index in [1.165, 1.54) is 11.9 Å². The first-order valence-corrected chi connectivity index (χ1v) is 12.3. The van der Waals surface area contributed by atoms with Crippen LogP contribution in [0.25, 0.3) is 11.6 Å². The van der Waals surface area contributed by atoms with Crippen molar-refractivity contribution in [1.82, 2.24) is 15.3 Å². The van der Waals surface area contributed by atoms with Gasteiger partial charge >= 0.3 is 6.18 Å². The maximum atomic E-state index is 12.5. The monoisotopic (exact) mass is 491 g/mol. The van der Waals surface area contributed by atoms with E-state index in [2.05, 4.69) is 51.0 Å². The Balaban J connectivity index is 1.58. The Morgan fingerprint density at radius 3 is 2.65 bits per heavy atom. The summed E-state index contributed by atoms with van der Waals surface area (Å²) in [6.07, 6.45) is 2.65. The average molecular weight is 492 g/mol. The van der Waals surface area contributed by atoms with Gasteiger partial charge in [-0.25, -0.2) is 9.97 Å². The highest BCUT2D eigenvalue weighted by Crippen LogP contribution is 2.34. The van der Waals surface area contributed by atoms with Gasteiger partial charge in [0, 0.05) is 37.0 Å². The number of anilines is 1. The third-order valence-electron chi connectivity index (χ3n) is 6.20. The number of allylic oxidation sites excluding steroid dienone is 1. The molecule has 0 saturated heterocycles. The molecule has 1 saturated carbocycles. The minimum absolute atomic E-state index is 0.0804. The largest absolute Gasteiger partial charge is 0.404 e. The van der Waals surface area contributed by atoms with Crippen molar-refractivity contribution in [2.45, 2.75) is 62.4 Å². The summed E-state index contributed by atoms with van der Waals surface area (Å²) in [7, 11) is 1.98. The predicted octanol–water partition coefficient (Wildman–Crippen LogP) is 5.63. The van der Waals surface area contributed by atoms with E-state index in [0.717, 1.165) is 48.7 Å².